The first-order chi connectivity index (χ1) is 12.5. The van der Waals surface area contributed by atoms with Crippen molar-refractivity contribution < 1.29 is 18.7 Å². The van der Waals surface area contributed by atoms with E-state index >= 15 is 0 Å². The first kappa shape index (κ1) is 17.9. The third kappa shape index (κ3) is 4.02. The largest absolute Gasteiger partial charge is 0.495 e. The first-order valence-electron chi connectivity index (χ1n) is 8.46. The van der Waals surface area contributed by atoms with Gasteiger partial charge in [0.2, 0.25) is 11.8 Å². The van der Waals surface area contributed by atoms with E-state index in [2.05, 4.69) is 10.6 Å². The summed E-state index contributed by atoms with van der Waals surface area (Å²) in [6.07, 6.45) is 0.489. The van der Waals surface area contributed by atoms with Gasteiger partial charge in [-0.3, -0.25) is 9.59 Å². The highest BCUT2D eigenvalue weighted by molar-refractivity contribution is 6.00. The van der Waals surface area contributed by atoms with Crippen LogP contribution in [0.5, 0.6) is 5.75 Å². The number of rotatable bonds is 6. The summed E-state index contributed by atoms with van der Waals surface area (Å²) < 4.78 is 18.8. The van der Waals surface area contributed by atoms with Crippen molar-refractivity contribution in [3.05, 3.63) is 59.4 Å². The molecule has 2 amide bonds. The fraction of sp³-hybridized carbons (Fsp3) is 0.300. The Bertz CT molecular complexity index is 838. The van der Waals surface area contributed by atoms with Gasteiger partial charge in [-0.15, -0.1) is 0 Å². The Morgan fingerprint density at radius 1 is 1.15 bits per heavy atom. The van der Waals surface area contributed by atoms with E-state index in [0.29, 0.717) is 23.4 Å². The van der Waals surface area contributed by atoms with Gasteiger partial charge in [-0.1, -0.05) is 24.3 Å². The SMILES string of the molecule is COc1ccc(C)cc1NC(=O)C1CC1C(=O)NCc1ccccc1F. The van der Waals surface area contributed by atoms with Crippen molar-refractivity contribution in [1.29, 1.82) is 0 Å². The Labute approximate surface area is 151 Å². The molecule has 2 N–H and O–H groups in total. The number of benzene rings is 2. The molecule has 0 bridgehead atoms. The summed E-state index contributed by atoms with van der Waals surface area (Å²) in [7, 11) is 1.54. The minimum atomic E-state index is -0.377. The van der Waals surface area contributed by atoms with Crippen LogP contribution in [0.3, 0.4) is 0 Å². The van der Waals surface area contributed by atoms with Gasteiger partial charge in [-0.2, -0.15) is 0 Å². The molecule has 2 atom stereocenters. The number of carbonyl (C=O) groups is 2. The third-order valence-corrected chi connectivity index (χ3v) is 4.49. The van der Waals surface area contributed by atoms with Crippen molar-refractivity contribution in [3.8, 4) is 5.75 Å². The van der Waals surface area contributed by atoms with Crippen LogP contribution in [0.4, 0.5) is 10.1 Å². The maximum atomic E-state index is 13.6. The molecule has 1 aliphatic carbocycles. The number of ether oxygens (including phenoxy) is 1. The van der Waals surface area contributed by atoms with E-state index < -0.39 is 0 Å². The molecular weight excluding hydrogens is 335 g/mol. The Morgan fingerprint density at radius 3 is 2.62 bits per heavy atom. The normalized spacial score (nSPS) is 18.1. The zero-order valence-electron chi connectivity index (χ0n) is 14.7. The Kier molecular flexibility index (Phi) is 5.21. The minimum absolute atomic E-state index is 0.113. The quantitative estimate of drug-likeness (QED) is 0.836. The van der Waals surface area contributed by atoms with Gasteiger partial charge in [0.05, 0.1) is 24.6 Å². The molecule has 0 spiro atoms. The van der Waals surface area contributed by atoms with E-state index in [1.807, 2.05) is 19.1 Å². The summed E-state index contributed by atoms with van der Waals surface area (Å²) in [6, 6.07) is 11.8. The van der Waals surface area contributed by atoms with Gasteiger partial charge in [0, 0.05) is 12.1 Å². The second kappa shape index (κ2) is 7.56. The molecule has 0 aliphatic heterocycles. The maximum absolute atomic E-state index is 13.6. The molecule has 0 heterocycles. The fourth-order valence-corrected chi connectivity index (χ4v) is 2.87. The Hall–Kier alpha value is -2.89. The van der Waals surface area contributed by atoms with Crippen molar-refractivity contribution in [1.82, 2.24) is 5.32 Å². The molecule has 3 rings (SSSR count). The lowest BCUT2D eigenvalue weighted by molar-refractivity contribution is -0.125. The van der Waals surface area contributed by atoms with Crippen molar-refractivity contribution in [2.75, 3.05) is 12.4 Å². The molecule has 1 fully saturated rings. The molecular formula is C20H21FN2O3. The van der Waals surface area contributed by atoms with Crippen LogP contribution >= 0.6 is 0 Å². The average molecular weight is 356 g/mol. The van der Waals surface area contributed by atoms with Crippen molar-refractivity contribution in [2.45, 2.75) is 19.9 Å². The second-order valence-corrected chi connectivity index (χ2v) is 6.45. The molecule has 0 saturated heterocycles. The van der Waals surface area contributed by atoms with Crippen LogP contribution in [0, 0.1) is 24.6 Å². The lowest BCUT2D eigenvalue weighted by Crippen LogP contribution is -2.27. The smallest absolute Gasteiger partial charge is 0.228 e. The number of hydrogen-bond donors (Lipinski definition) is 2. The van der Waals surface area contributed by atoms with Gasteiger partial charge < -0.3 is 15.4 Å². The summed E-state index contributed by atoms with van der Waals surface area (Å²) in [4.78, 5) is 24.6. The number of aryl methyl sites for hydroxylation is 1. The number of carbonyl (C=O) groups excluding carboxylic acids is 2. The van der Waals surface area contributed by atoms with Gasteiger partial charge in [-0.05, 0) is 37.1 Å². The average Bonchev–Trinajstić information content (AvgIpc) is 3.42. The van der Waals surface area contributed by atoms with E-state index in [-0.39, 0.29) is 36.0 Å². The molecule has 2 aromatic rings. The first-order valence-corrected chi connectivity index (χ1v) is 8.46. The topological polar surface area (TPSA) is 67.4 Å². The van der Waals surface area contributed by atoms with Gasteiger partial charge in [0.25, 0.3) is 0 Å². The number of hydrogen-bond acceptors (Lipinski definition) is 3. The summed E-state index contributed by atoms with van der Waals surface area (Å²) in [5.41, 5.74) is 2.01. The molecule has 1 aliphatic rings. The number of amides is 2. The summed E-state index contributed by atoms with van der Waals surface area (Å²) in [5.74, 6) is -0.974. The van der Waals surface area contributed by atoms with Gasteiger partial charge in [0.15, 0.2) is 0 Å². The third-order valence-electron chi connectivity index (χ3n) is 4.49. The van der Waals surface area contributed by atoms with Gasteiger partial charge in [0.1, 0.15) is 11.6 Å². The van der Waals surface area contributed by atoms with Gasteiger partial charge in [-0.25, -0.2) is 4.39 Å². The van der Waals surface area contributed by atoms with Gasteiger partial charge >= 0.3 is 0 Å². The number of halogens is 1. The lowest BCUT2D eigenvalue weighted by atomic mass is 10.2. The maximum Gasteiger partial charge on any atom is 0.228 e. The van der Waals surface area contributed by atoms with E-state index in [0.717, 1.165) is 5.56 Å². The zero-order valence-corrected chi connectivity index (χ0v) is 14.7. The molecule has 6 heteroatoms. The standard InChI is InChI=1S/C20H21FN2O3/c1-12-7-8-18(26-2)17(9-12)23-20(25)15-10-14(15)19(24)22-11-13-5-3-4-6-16(13)21/h3-9,14-15H,10-11H2,1-2H3,(H,22,24)(H,23,25). The summed E-state index contributed by atoms with van der Waals surface area (Å²) >= 11 is 0. The van der Waals surface area contributed by atoms with Crippen LogP contribution in [0.2, 0.25) is 0 Å². The molecule has 5 nitrogen and oxygen atoms in total. The molecule has 2 aromatic carbocycles. The van der Waals surface area contributed by atoms with Crippen molar-refractivity contribution in [3.63, 3.8) is 0 Å². The highest BCUT2D eigenvalue weighted by atomic mass is 19.1. The van der Waals surface area contributed by atoms with Crippen LogP contribution < -0.4 is 15.4 Å². The molecule has 136 valence electrons. The predicted molar refractivity (Wildman–Crippen MR) is 96.2 cm³/mol. The zero-order chi connectivity index (χ0) is 18.7. The van der Waals surface area contributed by atoms with Crippen LogP contribution in [-0.4, -0.2) is 18.9 Å². The molecule has 26 heavy (non-hydrogen) atoms. The van der Waals surface area contributed by atoms with Crippen LogP contribution in [0.25, 0.3) is 0 Å². The van der Waals surface area contributed by atoms with Crippen molar-refractivity contribution in [2.24, 2.45) is 11.8 Å². The molecule has 1 saturated carbocycles. The number of methoxy groups -OCH3 is 1. The van der Waals surface area contributed by atoms with E-state index in [1.54, 1.807) is 24.3 Å². The van der Waals surface area contributed by atoms with Crippen LogP contribution in [0.15, 0.2) is 42.5 Å². The van der Waals surface area contributed by atoms with E-state index in [1.165, 1.54) is 13.2 Å². The minimum Gasteiger partial charge on any atom is -0.495 e. The highest BCUT2D eigenvalue weighted by Gasteiger charge is 2.48. The number of nitrogens with one attached hydrogen (secondary N) is 2. The highest BCUT2D eigenvalue weighted by Crippen LogP contribution is 2.40. The van der Waals surface area contributed by atoms with E-state index in [9.17, 15) is 14.0 Å². The molecule has 0 aromatic heterocycles. The summed E-state index contributed by atoms with van der Waals surface area (Å²) in [6.45, 7) is 2.03. The molecule has 0 radical (unpaired) electrons. The Morgan fingerprint density at radius 2 is 1.88 bits per heavy atom. The van der Waals surface area contributed by atoms with Crippen molar-refractivity contribution >= 4 is 17.5 Å². The Balaban J connectivity index is 1.55. The predicted octanol–water partition coefficient (Wildman–Crippen LogP) is 3.03. The fourth-order valence-electron chi connectivity index (χ4n) is 2.87. The lowest BCUT2D eigenvalue weighted by Gasteiger charge is -2.11. The number of anilines is 1. The van der Waals surface area contributed by atoms with Crippen LogP contribution in [0.1, 0.15) is 17.5 Å². The monoisotopic (exact) mass is 356 g/mol. The summed E-state index contributed by atoms with van der Waals surface area (Å²) in [5, 5.41) is 5.53. The second-order valence-electron chi connectivity index (χ2n) is 6.45. The molecule has 2 unspecified atom stereocenters. The van der Waals surface area contributed by atoms with Crippen LogP contribution in [-0.2, 0) is 16.1 Å². The van der Waals surface area contributed by atoms with E-state index in [4.69, 9.17) is 4.74 Å².